The van der Waals surface area contributed by atoms with Crippen LogP contribution in [0, 0.1) is 0 Å². The number of amides is 1. The number of hydrogen-bond donors (Lipinski definition) is 1. The van der Waals surface area contributed by atoms with Crippen LogP contribution in [0.3, 0.4) is 0 Å². The van der Waals surface area contributed by atoms with E-state index in [-0.39, 0.29) is 5.91 Å². The van der Waals surface area contributed by atoms with Crippen molar-refractivity contribution in [2.24, 2.45) is 0 Å². The standard InChI is InChI=1S/C20H23Cl2NO2S/c1-2-25-17-8-5-15(6-9-17)4-3-11-23-20(24)14-26-13-16-7-10-18(21)19(22)12-16/h5-10,12H,2-4,11,13-14H2,1H3,(H,23,24). The molecule has 0 aliphatic heterocycles. The summed E-state index contributed by atoms with van der Waals surface area (Å²) in [5.74, 6) is 2.12. The molecule has 0 heterocycles. The first-order chi connectivity index (χ1) is 12.6. The third-order valence-corrected chi connectivity index (χ3v) is 5.43. The Kier molecular flexibility index (Phi) is 9.16. The van der Waals surface area contributed by atoms with Crippen LogP contribution >= 0.6 is 35.0 Å². The quantitative estimate of drug-likeness (QED) is 0.533. The number of benzene rings is 2. The molecule has 0 radical (unpaired) electrons. The van der Waals surface area contributed by atoms with Gasteiger partial charge < -0.3 is 10.1 Å². The van der Waals surface area contributed by atoms with E-state index < -0.39 is 0 Å². The van der Waals surface area contributed by atoms with Gasteiger partial charge in [-0.2, -0.15) is 0 Å². The predicted molar refractivity (Wildman–Crippen MR) is 112 cm³/mol. The van der Waals surface area contributed by atoms with Crippen LogP contribution in [0.1, 0.15) is 24.5 Å². The summed E-state index contributed by atoms with van der Waals surface area (Å²) in [4.78, 5) is 11.9. The van der Waals surface area contributed by atoms with Crippen LogP contribution in [-0.4, -0.2) is 24.8 Å². The zero-order chi connectivity index (χ0) is 18.8. The van der Waals surface area contributed by atoms with E-state index in [1.165, 1.54) is 5.56 Å². The Morgan fingerprint density at radius 2 is 1.81 bits per heavy atom. The van der Waals surface area contributed by atoms with E-state index in [0.29, 0.717) is 28.9 Å². The van der Waals surface area contributed by atoms with Crippen molar-refractivity contribution in [3.63, 3.8) is 0 Å². The van der Waals surface area contributed by atoms with E-state index >= 15 is 0 Å². The molecule has 1 N–H and O–H groups in total. The van der Waals surface area contributed by atoms with Crippen LogP contribution in [0.4, 0.5) is 0 Å². The van der Waals surface area contributed by atoms with E-state index in [9.17, 15) is 4.79 Å². The van der Waals surface area contributed by atoms with Gasteiger partial charge in [-0.05, 0) is 55.2 Å². The molecule has 0 bridgehead atoms. The zero-order valence-electron chi connectivity index (χ0n) is 14.8. The minimum atomic E-state index is 0.0572. The number of halogens is 2. The summed E-state index contributed by atoms with van der Waals surface area (Å²) in [7, 11) is 0. The Bertz CT molecular complexity index is 707. The van der Waals surface area contributed by atoms with Gasteiger partial charge in [0.05, 0.1) is 22.4 Å². The van der Waals surface area contributed by atoms with Crippen molar-refractivity contribution >= 4 is 40.9 Å². The van der Waals surface area contributed by atoms with E-state index in [0.717, 1.165) is 29.9 Å². The highest BCUT2D eigenvalue weighted by atomic mass is 35.5. The lowest BCUT2D eigenvalue weighted by molar-refractivity contribution is -0.118. The third kappa shape index (κ3) is 7.48. The van der Waals surface area contributed by atoms with E-state index in [4.69, 9.17) is 27.9 Å². The average Bonchev–Trinajstić information content (AvgIpc) is 2.63. The number of rotatable bonds is 10. The Hall–Kier alpha value is -1.36. The van der Waals surface area contributed by atoms with Gasteiger partial charge >= 0.3 is 0 Å². The average molecular weight is 412 g/mol. The molecule has 0 saturated carbocycles. The molecule has 0 fully saturated rings. The Morgan fingerprint density at radius 3 is 2.50 bits per heavy atom. The summed E-state index contributed by atoms with van der Waals surface area (Å²) in [5.41, 5.74) is 2.31. The zero-order valence-corrected chi connectivity index (χ0v) is 17.1. The van der Waals surface area contributed by atoms with Gasteiger partial charge in [0.15, 0.2) is 0 Å². The maximum Gasteiger partial charge on any atom is 0.230 e. The molecule has 1 amide bonds. The van der Waals surface area contributed by atoms with Gasteiger partial charge in [-0.3, -0.25) is 4.79 Å². The minimum Gasteiger partial charge on any atom is -0.494 e. The minimum absolute atomic E-state index is 0.0572. The normalized spacial score (nSPS) is 10.6. The van der Waals surface area contributed by atoms with Gasteiger partial charge in [-0.1, -0.05) is 41.4 Å². The molecule has 2 aromatic rings. The number of thioether (sulfide) groups is 1. The molecule has 2 rings (SSSR count). The van der Waals surface area contributed by atoms with Crippen molar-refractivity contribution in [1.82, 2.24) is 5.32 Å². The summed E-state index contributed by atoms with van der Waals surface area (Å²) in [6.07, 6.45) is 1.85. The van der Waals surface area contributed by atoms with Crippen LogP contribution in [0.15, 0.2) is 42.5 Å². The van der Waals surface area contributed by atoms with E-state index in [2.05, 4.69) is 17.4 Å². The van der Waals surface area contributed by atoms with Crippen LogP contribution in [0.5, 0.6) is 5.75 Å². The monoisotopic (exact) mass is 411 g/mol. The Labute approximate surface area is 169 Å². The molecule has 0 saturated heterocycles. The van der Waals surface area contributed by atoms with Crippen molar-refractivity contribution < 1.29 is 9.53 Å². The summed E-state index contributed by atoms with van der Waals surface area (Å²) >= 11 is 13.4. The summed E-state index contributed by atoms with van der Waals surface area (Å²) in [6, 6.07) is 13.6. The number of hydrogen-bond acceptors (Lipinski definition) is 3. The number of carbonyl (C=O) groups is 1. The third-order valence-electron chi connectivity index (χ3n) is 3.68. The van der Waals surface area contributed by atoms with Gasteiger partial charge in [0.25, 0.3) is 0 Å². The van der Waals surface area contributed by atoms with Crippen molar-refractivity contribution in [2.75, 3.05) is 18.9 Å². The predicted octanol–water partition coefficient (Wildman–Crippen LogP) is 5.37. The van der Waals surface area contributed by atoms with Gasteiger partial charge in [0.2, 0.25) is 5.91 Å². The number of carbonyl (C=O) groups excluding carboxylic acids is 1. The van der Waals surface area contributed by atoms with E-state index in [1.54, 1.807) is 17.8 Å². The van der Waals surface area contributed by atoms with Crippen LogP contribution in [-0.2, 0) is 17.0 Å². The first-order valence-electron chi connectivity index (χ1n) is 8.58. The lowest BCUT2D eigenvalue weighted by atomic mass is 10.1. The van der Waals surface area contributed by atoms with Crippen molar-refractivity contribution in [1.29, 1.82) is 0 Å². The van der Waals surface area contributed by atoms with Crippen LogP contribution < -0.4 is 10.1 Å². The lowest BCUT2D eigenvalue weighted by Crippen LogP contribution is -2.26. The van der Waals surface area contributed by atoms with Crippen LogP contribution in [0.25, 0.3) is 0 Å². The van der Waals surface area contributed by atoms with Crippen molar-refractivity contribution in [2.45, 2.75) is 25.5 Å². The second-order valence-corrected chi connectivity index (χ2v) is 7.57. The van der Waals surface area contributed by atoms with Gasteiger partial charge in [0, 0.05) is 12.3 Å². The highest BCUT2D eigenvalue weighted by molar-refractivity contribution is 7.99. The maximum absolute atomic E-state index is 11.9. The fourth-order valence-electron chi connectivity index (χ4n) is 2.38. The van der Waals surface area contributed by atoms with E-state index in [1.807, 2.05) is 31.2 Å². The summed E-state index contributed by atoms with van der Waals surface area (Å²) in [6.45, 7) is 3.33. The van der Waals surface area contributed by atoms with Crippen LogP contribution in [0.2, 0.25) is 10.0 Å². The molecule has 6 heteroatoms. The fourth-order valence-corrected chi connectivity index (χ4v) is 3.51. The molecular formula is C20H23Cl2NO2S. The summed E-state index contributed by atoms with van der Waals surface area (Å²) < 4.78 is 5.43. The second kappa shape index (κ2) is 11.4. The van der Waals surface area contributed by atoms with Crippen molar-refractivity contribution in [3.8, 4) is 5.75 Å². The molecule has 26 heavy (non-hydrogen) atoms. The summed E-state index contributed by atoms with van der Waals surface area (Å²) in [5, 5.41) is 4.05. The Morgan fingerprint density at radius 1 is 1.08 bits per heavy atom. The lowest BCUT2D eigenvalue weighted by Gasteiger charge is -2.07. The number of aryl methyl sites for hydroxylation is 1. The molecule has 0 aliphatic carbocycles. The molecule has 0 spiro atoms. The fraction of sp³-hybridized carbons (Fsp3) is 0.350. The second-order valence-electron chi connectivity index (χ2n) is 5.77. The molecule has 0 aliphatic rings. The molecule has 0 atom stereocenters. The molecule has 3 nitrogen and oxygen atoms in total. The smallest absolute Gasteiger partial charge is 0.230 e. The molecular weight excluding hydrogens is 389 g/mol. The SMILES string of the molecule is CCOc1ccc(CCCNC(=O)CSCc2ccc(Cl)c(Cl)c2)cc1. The maximum atomic E-state index is 11.9. The van der Waals surface area contributed by atoms with Crippen molar-refractivity contribution in [3.05, 3.63) is 63.6 Å². The molecule has 2 aromatic carbocycles. The van der Waals surface area contributed by atoms with Gasteiger partial charge in [-0.25, -0.2) is 0 Å². The molecule has 0 unspecified atom stereocenters. The highest BCUT2D eigenvalue weighted by Crippen LogP contribution is 2.24. The first kappa shape index (κ1) is 20.9. The molecule has 0 aromatic heterocycles. The number of ether oxygens (including phenoxy) is 1. The number of nitrogens with one attached hydrogen (secondary N) is 1. The molecule has 140 valence electrons. The van der Waals surface area contributed by atoms with Gasteiger partial charge in [0.1, 0.15) is 5.75 Å². The topological polar surface area (TPSA) is 38.3 Å². The highest BCUT2D eigenvalue weighted by Gasteiger charge is 2.04. The first-order valence-corrected chi connectivity index (χ1v) is 10.5. The largest absolute Gasteiger partial charge is 0.494 e. The Balaban J connectivity index is 1.59. The van der Waals surface area contributed by atoms with Gasteiger partial charge in [-0.15, -0.1) is 11.8 Å².